The Kier molecular flexibility index (Phi) is 3.13. The van der Waals surface area contributed by atoms with Crippen LogP contribution in [0.25, 0.3) is 22.4 Å². The van der Waals surface area contributed by atoms with Gasteiger partial charge < -0.3 is 0 Å². The van der Waals surface area contributed by atoms with Gasteiger partial charge in [0.25, 0.3) is 0 Å². The molecule has 0 aliphatic heterocycles. The summed E-state index contributed by atoms with van der Waals surface area (Å²) in [5, 5.41) is 2.85. The number of halogens is 1. The molecule has 3 heteroatoms. The highest BCUT2D eigenvalue weighted by molar-refractivity contribution is 7.18. The molecular formula is C15H10ClNS. The number of aromatic nitrogens is 1. The summed E-state index contributed by atoms with van der Waals surface area (Å²) in [5.74, 6) is 0. The van der Waals surface area contributed by atoms with E-state index in [-0.39, 0.29) is 0 Å². The fraction of sp³-hybridized carbons (Fsp3) is 0. The molecule has 0 fully saturated rings. The highest BCUT2D eigenvalue weighted by Gasteiger charge is 2.05. The van der Waals surface area contributed by atoms with Crippen molar-refractivity contribution in [3.05, 3.63) is 64.1 Å². The minimum Gasteiger partial charge on any atom is -0.255 e. The summed E-state index contributed by atoms with van der Waals surface area (Å²) in [5.41, 5.74) is 3.26. The van der Waals surface area contributed by atoms with Gasteiger partial charge in [0.15, 0.2) is 0 Å². The molecule has 1 nitrogen and oxygen atoms in total. The molecule has 18 heavy (non-hydrogen) atoms. The number of rotatable bonds is 2. The van der Waals surface area contributed by atoms with Gasteiger partial charge in [0.1, 0.15) is 0 Å². The SMILES string of the molecule is Clc1ccnc2c(/C=C/c3ccccc3)csc12. The zero-order chi connectivity index (χ0) is 12.4. The molecule has 0 spiro atoms. The van der Waals surface area contributed by atoms with E-state index in [0.717, 1.165) is 20.8 Å². The van der Waals surface area contributed by atoms with Crippen LogP contribution in [0.4, 0.5) is 0 Å². The van der Waals surface area contributed by atoms with Crippen LogP contribution < -0.4 is 0 Å². The van der Waals surface area contributed by atoms with Crippen molar-refractivity contribution in [3.63, 3.8) is 0 Å². The summed E-state index contributed by atoms with van der Waals surface area (Å²) in [6.07, 6.45) is 5.92. The number of hydrogen-bond acceptors (Lipinski definition) is 2. The van der Waals surface area contributed by atoms with Crippen LogP contribution >= 0.6 is 22.9 Å². The zero-order valence-corrected chi connectivity index (χ0v) is 11.1. The van der Waals surface area contributed by atoms with Gasteiger partial charge in [0.2, 0.25) is 0 Å². The lowest BCUT2D eigenvalue weighted by Crippen LogP contribution is -1.76. The van der Waals surface area contributed by atoms with Gasteiger partial charge in [0, 0.05) is 17.1 Å². The smallest absolute Gasteiger partial charge is 0.0897 e. The van der Waals surface area contributed by atoms with Crippen LogP contribution in [-0.2, 0) is 0 Å². The predicted octanol–water partition coefficient (Wildman–Crippen LogP) is 5.12. The lowest BCUT2D eigenvalue weighted by molar-refractivity contribution is 1.42. The third-order valence-electron chi connectivity index (χ3n) is 2.69. The van der Waals surface area contributed by atoms with Crippen LogP contribution in [0.5, 0.6) is 0 Å². The van der Waals surface area contributed by atoms with E-state index < -0.39 is 0 Å². The average molecular weight is 272 g/mol. The van der Waals surface area contributed by atoms with E-state index in [9.17, 15) is 0 Å². The van der Waals surface area contributed by atoms with Gasteiger partial charge in [0.05, 0.1) is 15.2 Å². The first kappa shape index (κ1) is 11.5. The minimum atomic E-state index is 0.768. The van der Waals surface area contributed by atoms with Crippen LogP contribution in [-0.4, -0.2) is 4.98 Å². The van der Waals surface area contributed by atoms with Crippen molar-refractivity contribution in [3.8, 4) is 0 Å². The minimum absolute atomic E-state index is 0.768. The van der Waals surface area contributed by atoms with Gasteiger partial charge >= 0.3 is 0 Å². The number of benzene rings is 1. The molecule has 88 valence electrons. The van der Waals surface area contributed by atoms with Gasteiger partial charge in [-0.05, 0) is 11.6 Å². The molecule has 0 radical (unpaired) electrons. The van der Waals surface area contributed by atoms with Gasteiger partial charge in [-0.15, -0.1) is 11.3 Å². The van der Waals surface area contributed by atoms with Gasteiger partial charge in [-0.2, -0.15) is 0 Å². The van der Waals surface area contributed by atoms with Crippen LogP contribution in [0.3, 0.4) is 0 Å². The summed E-state index contributed by atoms with van der Waals surface area (Å²) >= 11 is 7.76. The second-order valence-corrected chi connectivity index (χ2v) is 5.19. The van der Waals surface area contributed by atoms with Crippen molar-refractivity contribution in [2.45, 2.75) is 0 Å². The highest BCUT2D eigenvalue weighted by Crippen LogP contribution is 2.31. The molecule has 0 aliphatic rings. The normalized spacial score (nSPS) is 11.4. The summed E-state index contributed by atoms with van der Waals surface area (Å²) in [6, 6.07) is 12.0. The second-order valence-electron chi connectivity index (χ2n) is 3.91. The Hall–Kier alpha value is -1.64. The Morgan fingerprint density at radius 3 is 2.72 bits per heavy atom. The Morgan fingerprint density at radius 2 is 1.89 bits per heavy atom. The molecule has 0 bridgehead atoms. The van der Waals surface area contributed by atoms with E-state index in [4.69, 9.17) is 11.6 Å². The Labute approximate surface area is 114 Å². The summed E-state index contributed by atoms with van der Waals surface area (Å²) in [7, 11) is 0. The molecule has 0 N–H and O–H groups in total. The first-order chi connectivity index (χ1) is 8.84. The lowest BCUT2D eigenvalue weighted by atomic mass is 10.2. The first-order valence-corrected chi connectivity index (χ1v) is 6.85. The molecule has 0 saturated carbocycles. The molecule has 1 aromatic carbocycles. The van der Waals surface area contributed by atoms with Crippen molar-refractivity contribution < 1.29 is 0 Å². The first-order valence-electron chi connectivity index (χ1n) is 5.59. The molecule has 0 saturated heterocycles. The van der Waals surface area contributed by atoms with E-state index in [1.54, 1.807) is 17.5 Å². The number of hydrogen-bond donors (Lipinski definition) is 0. The van der Waals surface area contributed by atoms with E-state index in [1.807, 2.05) is 24.3 Å². The topological polar surface area (TPSA) is 12.9 Å². The highest BCUT2D eigenvalue weighted by atomic mass is 35.5. The maximum Gasteiger partial charge on any atom is 0.0897 e. The van der Waals surface area contributed by atoms with Crippen LogP contribution in [0.2, 0.25) is 5.02 Å². The standard InChI is InChI=1S/C15H10ClNS/c16-13-8-9-17-14-12(10-18-15(13)14)7-6-11-4-2-1-3-5-11/h1-10H/b7-6+. The van der Waals surface area contributed by atoms with Crippen LogP contribution in [0.15, 0.2) is 48.0 Å². The van der Waals surface area contributed by atoms with Crippen molar-refractivity contribution in [2.24, 2.45) is 0 Å². The largest absolute Gasteiger partial charge is 0.255 e. The third kappa shape index (κ3) is 2.17. The molecule has 3 aromatic rings. The lowest BCUT2D eigenvalue weighted by Gasteiger charge is -1.94. The molecule has 0 amide bonds. The summed E-state index contributed by atoms with van der Waals surface area (Å²) in [6.45, 7) is 0. The van der Waals surface area contributed by atoms with Crippen molar-refractivity contribution >= 4 is 45.3 Å². The Bertz CT molecular complexity index is 701. The van der Waals surface area contributed by atoms with Crippen molar-refractivity contribution in [2.75, 3.05) is 0 Å². The Morgan fingerprint density at radius 1 is 1.06 bits per heavy atom. The molecule has 3 rings (SSSR count). The van der Waals surface area contributed by atoms with E-state index >= 15 is 0 Å². The molecule has 0 atom stereocenters. The monoisotopic (exact) mass is 271 g/mol. The van der Waals surface area contributed by atoms with Crippen molar-refractivity contribution in [1.29, 1.82) is 0 Å². The van der Waals surface area contributed by atoms with Crippen LogP contribution in [0, 0.1) is 0 Å². The number of pyridine rings is 1. The number of fused-ring (bicyclic) bond motifs is 1. The number of thiophene rings is 1. The predicted molar refractivity (Wildman–Crippen MR) is 80.0 cm³/mol. The van der Waals surface area contributed by atoms with Gasteiger partial charge in [-0.1, -0.05) is 54.1 Å². The average Bonchev–Trinajstić information content (AvgIpc) is 2.82. The number of nitrogens with zero attached hydrogens (tertiary/aromatic N) is 1. The van der Waals surface area contributed by atoms with E-state index in [0.29, 0.717) is 0 Å². The van der Waals surface area contributed by atoms with Gasteiger partial charge in [-0.3, -0.25) is 4.98 Å². The fourth-order valence-corrected chi connectivity index (χ4v) is 2.97. The molecular weight excluding hydrogens is 262 g/mol. The molecule has 0 aliphatic carbocycles. The quantitative estimate of drug-likeness (QED) is 0.630. The van der Waals surface area contributed by atoms with E-state index in [1.165, 1.54) is 5.56 Å². The third-order valence-corrected chi connectivity index (χ3v) is 4.14. The van der Waals surface area contributed by atoms with Gasteiger partial charge in [-0.25, -0.2) is 0 Å². The zero-order valence-electron chi connectivity index (χ0n) is 9.51. The summed E-state index contributed by atoms with van der Waals surface area (Å²) < 4.78 is 1.05. The summed E-state index contributed by atoms with van der Waals surface area (Å²) in [4.78, 5) is 4.39. The maximum atomic E-state index is 6.13. The van der Waals surface area contributed by atoms with E-state index in [2.05, 4.69) is 34.6 Å². The fourth-order valence-electron chi connectivity index (χ4n) is 1.79. The second kappa shape index (κ2) is 4.92. The molecule has 2 aromatic heterocycles. The maximum absolute atomic E-state index is 6.13. The van der Waals surface area contributed by atoms with Crippen LogP contribution in [0.1, 0.15) is 11.1 Å². The Balaban J connectivity index is 2.01. The molecule has 2 heterocycles. The molecule has 0 unspecified atom stereocenters. The van der Waals surface area contributed by atoms with Crippen molar-refractivity contribution in [1.82, 2.24) is 4.98 Å².